The van der Waals surface area contributed by atoms with Gasteiger partial charge < -0.3 is 15.0 Å². The Morgan fingerprint density at radius 2 is 2.33 bits per heavy atom. The van der Waals surface area contributed by atoms with Crippen LogP contribution in [-0.4, -0.2) is 50.7 Å². The van der Waals surface area contributed by atoms with Crippen molar-refractivity contribution in [3.63, 3.8) is 0 Å². The molecule has 1 aliphatic rings. The number of carbonyl (C=O) groups is 1. The maximum absolute atomic E-state index is 11.6. The smallest absolute Gasteiger partial charge is 0.224 e. The van der Waals surface area contributed by atoms with Gasteiger partial charge in [0.2, 0.25) is 5.91 Å². The summed E-state index contributed by atoms with van der Waals surface area (Å²) in [7, 11) is 3.73. The lowest BCUT2D eigenvalue weighted by Crippen LogP contribution is -2.34. The van der Waals surface area contributed by atoms with E-state index >= 15 is 0 Å². The van der Waals surface area contributed by atoms with Crippen molar-refractivity contribution >= 4 is 18.3 Å². The summed E-state index contributed by atoms with van der Waals surface area (Å²) in [5.41, 5.74) is 0. The summed E-state index contributed by atoms with van der Waals surface area (Å²) in [5.74, 6) is 0.187. The van der Waals surface area contributed by atoms with Crippen LogP contribution >= 0.6 is 12.4 Å². The number of carbonyl (C=O) groups excluding carboxylic acids is 1. The van der Waals surface area contributed by atoms with E-state index in [4.69, 9.17) is 4.74 Å². The minimum absolute atomic E-state index is 0. The van der Waals surface area contributed by atoms with E-state index in [2.05, 4.69) is 5.32 Å². The summed E-state index contributed by atoms with van der Waals surface area (Å²) in [6.07, 6.45) is 2.84. The molecule has 1 fully saturated rings. The van der Waals surface area contributed by atoms with Crippen LogP contribution in [0, 0.1) is 0 Å². The van der Waals surface area contributed by atoms with Crippen LogP contribution in [-0.2, 0) is 9.53 Å². The molecule has 1 unspecified atom stereocenters. The molecule has 1 N–H and O–H groups in total. The van der Waals surface area contributed by atoms with Gasteiger partial charge in [0.1, 0.15) is 0 Å². The van der Waals surface area contributed by atoms with Crippen LogP contribution < -0.4 is 5.32 Å². The molecule has 0 bridgehead atoms. The van der Waals surface area contributed by atoms with E-state index in [1.807, 2.05) is 14.1 Å². The standard InChI is InChI=1S/C10H20N2O2.ClH/c1-11-5-6-12(2)10(13)8-9-4-3-7-14-9;/h9,11H,3-8H2,1-2H3;1H. The van der Waals surface area contributed by atoms with Gasteiger partial charge >= 0.3 is 0 Å². The van der Waals surface area contributed by atoms with E-state index in [0.29, 0.717) is 6.42 Å². The number of hydrogen-bond donors (Lipinski definition) is 1. The predicted molar refractivity (Wildman–Crippen MR) is 62.4 cm³/mol. The maximum atomic E-state index is 11.6. The van der Waals surface area contributed by atoms with Crippen molar-refractivity contribution in [2.24, 2.45) is 0 Å². The van der Waals surface area contributed by atoms with Gasteiger partial charge in [0, 0.05) is 26.7 Å². The number of ether oxygens (including phenoxy) is 1. The highest BCUT2D eigenvalue weighted by molar-refractivity contribution is 5.85. The first-order valence-electron chi connectivity index (χ1n) is 5.24. The number of nitrogens with one attached hydrogen (secondary N) is 1. The third-order valence-corrected chi connectivity index (χ3v) is 2.55. The van der Waals surface area contributed by atoms with Crippen molar-refractivity contribution in [1.82, 2.24) is 10.2 Å². The monoisotopic (exact) mass is 236 g/mol. The molecule has 90 valence electrons. The van der Waals surface area contributed by atoms with Gasteiger partial charge in [0.05, 0.1) is 12.5 Å². The number of nitrogens with zero attached hydrogens (tertiary/aromatic N) is 1. The third-order valence-electron chi connectivity index (χ3n) is 2.55. The lowest BCUT2D eigenvalue weighted by Gasteiger charge is -2.18. The van der Waals surface area contributed by atoms with Gasteiger partial charge in [-0.2, -0.15) is 0 Å². The van der Waals surface area contributed by atoms with E-state index in [-0.39, 0.29) is 24.4 Å². The summed E-state index contributed by atoms with van der Waals surface area (Å²) in [5, 5.41) is 3.02. The number of hydrogen-bond acceptors (Lipinski definition) is 3. The fraction of sp³-hybridized carbons (Fsp3) is 0.900. The van der Waals surface area contributed by atoms with Crippen LogP contribution in [0.3, 0.4) is 0 Å². The fourth-order valence-corrected chi connectivity index (χ4v) is 1.56. The summed E-state index contributed by atoms with van der Waals surface area (Å²) in [6.45, 7) is 2.42. The SMILES string of the molecule is CNCCN(C)C(=O)CC1CCCO1.Cl. The van der Waals surface area contributed by atoms with Gasteiger partial charge in [0.25, 0.3) is 0 Å². The van der Waals surface area contributed by atoms with Gasteiger partial charge in [-0.25, -0.2) is 0 Å². The molecule has 0 aromatic rings. The average molecular weight is 237 g/mol. The fourth-order valence-electron chi connectivity index (χ4n) is 1.56. The topological polar surface area (TPSA) is 41.6 Å². The predicted octanol–water partition coefficient (Wildman–Crippen LogP) is 0.655. The van der Waals surface area contributed by atoms with E-state index in [9.17, 15) is 4.79 Å². The maximum Gasteiger partial charge on any atom is 0.224 e. The highest BCUT2D eigenvalue weighted by atomic mass is 35.5. The molecule has 1 saturated heterocycles. The lowest BCUT2D eigenvalue weighted by atomic mass is 10.1. The first-order valence-corrected chi connectivity index (χ1v) is 5.24. The zero-order valence-electron chi connectivity index (χ0n) is 9.49. The first-order chi connectivity index (χ1) is 6.74. The Hall–Kier alpha value is -0.320. The Morgan fingerprint density at radius 1 is 1.60 bits per heavy atom. The van der Waals surface area contributed by atoms with Gasteiger partial charge in [-0.3, -0.25) is 4.79 Å². The Morgan fingerprint density at radius 3 is 2.87 bits per heavy atom. The number of halogens is 1. The number of amides is 1. The van der Waals surface area contributed by atoms with Crippen LogP contribution in [0.5, 0.6) is 0 Å². The Labute approximate surface area is 97.8 Å². The molecule has 1 atom stereocenters. The zero-order chi connectivity index (χ0) is 10.4. The lowest BCUT2D eigenvalue weighted by molar-refractivity contribution is -0.132. The van der Waals surface area contributed by atoms with E-state index < -0.39 is 0 Å². The molecule has 4 nitrogen and oxygen atoms in total. The summed E-state index contributed by atoms with van der Waals surface area (Å²) < 4.78 is 5.42. The Balaban J connectivity index is 0.00000196. The van der Waals surface area contributed by atoms with Gasteiger partial charge in [-0.05, 0) is 19.9 Å². The molecule has 15 heavy (non-hydrogen) atoms. The van der Waals surface area contributed by atoms with Gasteiger partial charge in [-0.15, -0.1) is 12.4 Å². The summed E-state index contributed by atoms with van der Waals surface area (Å²) in [4.78, 5) is 13.4. The minimum atomic E-state index is 0. The van der Waals surface area contributed by atoms with Crippen molar-refractivity contribution in [2.75, 3.05) is 33.8 Å². The largest absolute Gasteiger partial charge is 0.378 e. The normalized spacial score (nSPS) is 19.7. The Kier molecular flexibility index (Phi) is 7.74. The van der Waals surface area contributed by atoms with Crippen LogP contribution in [0.4, 0.5) is 0 Å². The highest BCUT2D eigenvalue weighted by Gasteiger charge is 2.20. The molecule has 0 aromatic heterocycles. The average Bonchev–Trinajstić information content (AvgIpc) is 2.66. The molecule has 1 rings (SSSR count). The molecule has 1 heterocycles. The molecule has 0 aliphatic carbocycles. The van der Waals surface area contributed by atoms with Crippen LogP contribution in [0.15, 0.2) is 0 Å². The highest BCUT2D eigenvalue weighted by Crippen LogP contribution is 2.15. The van der Waals surface area contributed by atoms with Gasteiger partial charge in [-0.1, -0.05) is 0 Å². The number of likely N-dealkylation sites (N-methyl/N-ethyl adjacent to an activating group) is 2. The summed E-state index contributed by atoms with van der Waals surface area (Å²) >= 11 is 0. The zero-order valence-corrected chi connectivity index (χ0v) is 10.3. The van der Waals surface area contributed by atoms with E-state index in [1.165, 1.54) is 0 Å². The van der Waals surface area contributed by atoms with Crippen molar-refractivity contribution in [3.8, 4) is 0 Å². The molecule has 0 saturated carbocycles. The van der Waals surface area contributed by atoms with Crippen molar-refractivity contribution < 1.29 is 9.53 Å². The molecule has 1 aliphatic heterocycles. The minimum Gasteiger partial charge on any atom is -0.378 e. The molecule has 0 aromatic carbocycles. The van der Waals surface area contributed by atoms with Crippen LogP contribution in [0.1, 0.15) is 19.3 Å². The van der Waals surface area contributed by atoms with E-state index in [0.717, 1.165) is 32.5 Å². The van der Waals surface area contributed by atoms with Crippen LogP contribution in [0.2, 0.25) is 0 Å². The molecule has 0 spiro atoms. The quantitative estimate of drug-likeness (QED) is 0.763. The van der Waals surface area contributed by atoms with E-state index in [1.54, 1.807) is 4.90 Å². The second-order valence-corrected chi connectivity index (χ2v) is 3.76. The molecular weight excluding hydrogens is 216 g/mol. The molecule has 0 radical (unpaired) electrons. The van der Waals surface area contributed by atoms with Crippen molar-refractivity contribution in [1.29, 1.82) is 0 Å². The first kappa shape index (κ1) is 14.7. The third kappa shape index (κ3) is 5.35. The van der Waals surface area contributed by atoms with Crippen LogP contribution in [0.25, 0.3) is 0 Å². The Bertz CT molecular complexity index is 184. The number of rotatable bonds is 5. The van der Waals surface area contributed by atoms with Crippen molar-refractivity contribution in [2.45, 2.75) is 25.4 Å². The summed E-state index contributed by atoms with van der Waals surface area (Å²) in [6, 6.07) is 0. The second-order valence-electron chi connectivity index (χ2n) is 3.76. The van der Waals surface area contributed by atoms with Gasteiger partial charge in [0.15, 0.2) is 0 Å². The van der Waals surface area contributed by atoms with Crippen molar-refractivity contribution in [3.05, 3.63) is 0 Å². The molecule has 5 heteroatoms. The molecule has 1 amide bonds. The molecular formula is C10H21ClN2O2. The second kappa shape index (κ2) is 7.91.